The van der Waals surface area contributed by atoms with Gasteiger partial charge in [0.15, 0.2) is 11.3 Å². The van der Waals surface area contributed by atoms with E-state index in [1.807, 2.05) is 0 Å². The molecule has 2 aromatic rings. The summed E-state index contributed by atoms with van der Waals surface area (Å²) in [6, 6.07) is 3.16. The van der Waals surface area contributed by atoms with Crippen molar-refractivity contribution in [3.05, 3.63) is 28.5 Å². The molecular formula is C11H10ClNO4. The van der Waals surface area contributed by atoms with Gasteiger partial charge in [-0.05, 0) is 12.1 Å². The number of methoxy groups -OCH3 is 1. The highest BCUT2D eigenvalue weighted by Crippen LogP contribution is 2.36. The monoisotopic (exact) mass is 255 g/mol. The Labute approximate surface area is 102 Å². The average Bonchev–Trinajstić information content (AvgIpc) is 2.72. The second-order valence-electron chi connectivity index (χ2n) is 3.41. The highest BCUT2D eigenvalue weighted by atomic mass is 35.5. The summed E-state index contributed by atoms with van der Waals surface area (Å²) in [5.41, 5.74) is 5.58. The maximum Gasteiger partial charge on any atom is 0.345 e. The Morgan fingerprint density at radius 1 is 1.59 bits per heavy atom. The quantitative estimate of drug-likeness (QED) is 0.802. The number of esters is 1. The summed E-state index contributed by atoms with van der Waals surface area (Å²) in [7, 11) is 1.21. The van der Waals surface area contributed by atoms with Crippen LogP contribution in [0.5, 0.6) is 5.75 Å². The van der Waals surface area contributed by atoms with Gasteiger partial charge in [0.2, 0.25) is 0 Å². The molecule has 5 nitrogen and oxygen atoms in total. The van der Waals surface area contributed by atoms with E-state index in [-0.39, 0.29) is 28.5 Å². The van der Waals surface area contributed by atoms with Crippen molar-refractivity contribution in [2.45, 2.75) is 6.54 Å². The van der Waals surface area contributed by atoms with Gasteiger partial charge in [-0.2, -0.15) is 0 Å². The molecule has 0 saturated carbocycles. The number of fused-ring (bicyclic) bond motifs is 1. The molecule has 1 heterocycles. The molecule has 90 valence electrons. The lowest BCUT2D eigenvalue weighted by Crippen LogP contribution is -2.02. The van der Waals surface area contributed by atoms with Crippen LogP contribution in [0.4, 0.5) is 0 Å². The summed E-state index contributed by atoms with van der Waals surface area (Å²) in [5, 5.41) is 10.4. The normalized spacial score (nSPS) is 10.8. The Bertz CT molecular complexity index is 591. The molecule has 0 aliphatic heterocycles. The second-order valence-corrected chi connectivity index (χ2v) is 3.82. The van der Waals surface area contributed by atoms with Crippen molar-refractivity contribution in [2.75, 3.05) is 7.11 Å². The molecule has 1 aromatic carbocycles. The number of aromatic hydroxyl groups is 1. The standard InChI is InChI=1S/C11H10ClNO4/c1-16-11(15)8-9(14)7(12)3-5-2-6(4-13)17-10(5)8/h2-3,14H,4,13H2,1H3. The first-order valence-electron chi connectivity index (χ1n) is 4.80. The molecular weight excluding hydrogens is 246 g/mol. The van der Waals surface area contributed by atoms with Crippen LogP contribution in [-0.4, -0.2) is 18.2 Å². The van der Waals surface area contributed by atoms with Crippen molar-refractivity contribution in [1.82, 2.24) is 0 Å². The molecule has 3 N–H and O–H groups in total. The number of phenols is 1. The number of carbonyl (C=O) groups is 1. The maximum atomic E-state index is 11.6. The van der Waals surface area contributed by atoms with Crippen LogP contribution in [0.15, 0.2) is 16.5 Å². The smallest absolute Gasteiger partial charge is 0.345 e. The first-order chi connectivity index (χ1) is 8.08. The number of carbonyl (C=O) groups excluding carboxylic acids is 1. The lowest BCUT2D eigenvalue weighted by atomic mass is 10.1. The van der Waals surface area contributed by atoms with Gasteiger partial charge in [-0.25, -0.2) is 4.79 Å². The van der Waals surface area contributed by atoms with E-state index in [4.69, 9.17) is 21.8 Å². The number of hydrogen-bond donors (Lipinski definition) is 2. The molecule has 6 heteroatoms. The molecule has 0 atom stereocenters. The van der Waals surface area contributed by atoms with Gasteiger partial charge in [-0.3, -0.25) is 0 Å². The second kappa shape index (κ2) is 4.27. The number of furan rings is 1. The van der Waals surface area contributed by atoms with Crippen molar-refractivity contribution < 1.29 is 19.1 Å². The maximum absolute atomic E-state index is 11.6. The van der Waals surface area contributed by atoms with E-state index in [0.717, 1.165) is 0 Å². The number of halogens is 1. The number of benzene rings is 1. The number of rotatable bonds is 2. The Balaban J connectivity index is 2.80. The third-order valence-electron chi connectivity index (χ3n) is 2.37. The van der Waals surface area contributed by atoms with Gasteiger partial charge in [0, 0.05) is 5.39 Å². The lowest BCUT2D eigenvalue weighted by Gasteiger charge is -2.04. The molecule has 2 rings (SSSR count). The van der Waals surface area contributed by atoms with Crippen LogP contribution in [0.25, 0.3) is 11.0 Å². The first kappa shape index (κ1) is 11.8. The third kappa shape index (κ3) is 1.83. The van der Waals surface area contributed by atoms with E-state index in [9.17, 15) is 9.90 Å². The van der Waals surface area contributed by atoms with Crippen LogP contribution in [0.2, 0.25) is 5.02 Å². The van der Waals surface area contributed by atoms with E-state index < -0.39 is 5.97 Å². The topological polar surface area (TPSA) is 85.7 Å². The minimum Gasteiger partial charge on any atom is -0.505 e. The van der Waals surface area contributed by atoms with Gasteiger partial charge in [-0.1, -0.05) is 11.6 Å². The van der Waals surface area contributed by atoms with E-state index in [2.05, 4.69) is 4.74 Å². The highest BCUT2D eigenvalue weighted by Gasteiger charge is 2.22. The van der Waals surface area contributed by atoms with Crippen molar-refractivity contribution in [2.24, 2.45) is 5.73 Å². The molecule has 0 spiro atoms. The fourth-order valence-corrected chi connectivity index (χ4v) is 1.80. The number of phenolic OH excluding ortho intramolecular Hbond substituents is 1. The number of nitrogens with two attached hydrogens (primary N) is 1. The summed E-state index contributed by atoms with van der Waals surface area (Å²) in [6.45, 7) is 0.188. The zero-order valence-electron chi connectivity index (χ0n) is 8.99. The average molecular weight is 256 g/mol. The Kier molecular flexibility index (Phi) is 2.95. The Hall–Kier alpha value is -1.72. The number of hydrogen-bond acceptors (Lipinski definition) is 5. The van der Waals surface area contributed by atoms with Gasteiger partial charge in [0.25, 0.3) is 0 Å². The summed E-state index contributed by atoms with van der Waals surface area (Å²) < 4.78 is 9.94. The fraction of sp³-hybridized carbons (Fsp3) is 0.182. The molecule has 0 unspecified atom stereocenters. The Morgan fingerprint density at radius 3 is 2.88 bits per heavy atom. The van der Waals surface area contributed by atoms with Crippen LogP contribution < -0.4 is 5.73 Å². The molecule has 1 aromatic heterocycles. The summed E-state index contributed by atoms with van der Waals surface area (Å²) >= 11 is 5.82. The van der Waals surface area contributed by atoms with E-state index in [1.165, 1.54) is 13.2 Å². The Morgan fingerprint density at radius 2 is 2.29 bits per heavy atom. The zero-order valence-corrected chi connectivity index (χ0v) is 9.75. The van der Waals surface area contributed by atoms with Crippen molar-refractivity contribution >= 4 is 28.5 Å². The van der Waals surface area contributed by atoms with Gasteiger partial charge in [-0.15, -0.1) is 0 Å². The molecule has 0 amide bonds. The molecule has 0 saturated heterocycles. The van der Waals surface area contributed by atoms with Crippen LogP contribution >= 0.6 is 11.6 Å². The van der Waals surface area contributed by atoms with Crippen LogP contribution in [0, 0.1) is 0 Å². The SMILES string of the molecule is COC(=O)c1c(O)c(Cl)cc2cc(CN)oc12. The van der Waals surface area contributed by atoms with Crippen LogP contribution in [-0.2, 0) is 11.3 Å². The van der Waals surface area contributed by atoms with Crippen molar-refractivity contribution in [1.29, 1.82) is 0 Å². The minimum absolute atomic E-state index is 0.0577. The van der Waals surface area contributed by atoms with Crippen LogP contribution in [0.3, 0.4) is 0 Å². The van der Waals surface area contributed by atoms with Gasteiger partial charge >= 0.3 is 5.97 Å². The third-order valence-corrected chi connectivity index (χ3v) is 2.66. The van der Waals surface area contributed by atoms with Gasteiger partial charge in [0.1, 0.15) is 11.3 Å². The molecule has 17 heavy (non-hydrogen) atoms. The first-order valence-corrected chi connectivity index (χ1v) is 5.18. The van der Waals surface area contributed by atoms with Crippen LogP contribution in [0.1, 0.15) is 16.1 Å². The lowest BCUT2D eigenvalue weighted by molar-refractivity contribution is 0.0598. The van der Waals surface area contributed by atoms with Crippen molar-refractivity contribution in [3.8, 4) is 5.75 Å². The molecule has 0 bridgehead atoms. The number of ether oxygens (including phenoxy) is 1. The van der Waals surface area contributed by atoms with Gasteiger partial charge < -0.3 is 20.0 Å². The highest BCUT2D eigenvalue weighted by molar-refractivity contribution is 6.33. The summed E-state index contributed by atoms with van der Waals surface area (Å²) in [5.74, 6) is -0.580. The van der Waals surface area contributed by atoms with E-state index in [0.29, 0.717) is 11.1 Å². The predicted molar refractivity (Wildman–Crippen MR) is 62.1 cm³/mol. The summed E-state index contributed by atoms with van der Waals surface area (Å²) in [6.07, 6.45) is 0. The minimum atomic E-state index is -0.715. The van der Waals surface area contributed by atoms with Crippen molar-refractivity contribution in [3.63, 3.8) is 0 Å². The largest absolute Gasteiger partial charge is 0.505 e. The zero-order chi connectivity index (χ0) is 12.6. The predicted octanol–water partition coefficient (Wildman–Crippen LogP) is 2.04. The van der Waals surface area contributed by atoms with E-state index in [1.54, 1.807) is 6.07 Å². The summed E-state index contributed by atoms with van der Waals surface area (Å²) in [4.78, 5) is 11.6. The molecule has 0 radical (unpaired) electrons. The van der Waals surface area contributed by atoms with Gasteiger partial charge in [0.05, 0.1) is 18.7 Å². The molecule has 0 fully saturated rings. The fourth-order valence-electron chi connectivity index (χ4n) is 1.58. The van der Waals surface area contributed by atoms with E-state index >= 15 is 0 Å². The molecule has 0 aliphatic rings. The molecule has 0 aliphatic carbocycles.